The van der Waals surface area contributed by atoms with Crippen molar-refractivity contribution in [2.75, 3.05) is 44.7 Å². The van der Waals surface area contributed by atoms with E-state index in [1.165, 1.54) is 18.9 Å². The fourth-order valence-corrected chi connectivity index (χ4v) is 3.04. The molecule has 1 saturated carbocycles. The molecule has 0 radical (unpaired) electrons. The van der Waals surface area contributed by atoms with Crippen LogP contribution in [0.5, 0.6) is 0 Å². The van der Waals surface area contributed by atoms with Crippen LogP contribution in [-0.4, -0.2) is 61.5 Å². The van der Waals surface area contributed by atoms with Crippen molar-refractivity contribution in [1.82, 2.24) is 9.80 Å². The maximum absolute atomic E-state index is 13.7. The first-order valence-corrected chi connectivity index (χ1v) is 8.01. The van der Waals surface area contributed by atoms with Crippen LogP contribution in [0.3, 0.4) is 0 Å². The number of nitrogens with zero attached hydrogens (tertiary/aromatic N) is 4. The summed E-state index contributed by atoms with van der Waals surface area (Å²) in [6.07, 6.45) is 2.38. The Morgan fingerprint density at radius 1 is 1.35 bits per heavy atom. The average Bonchev–Trinajstić information content (AvgIpc) is 3.39. The van der Waals surface area contributed by atoms with E-state index in [2.05, 4.69) is 4.90 Å². The van der Waals surface area contributed by atoms with Crippen LogP contribution in [0.4, 0.5) is 10.1 Å². The smallest absolute Gasteiger partial charge is 0.236 e. The second-order valence-corrected chi connectivity index (χ2v) is 6.26. The number of hydrogen-bond donors (Lipinski definition) is 0. The first-order chi connectivity index (χ1) is 11.1. The van der Waals surface area contributed by atoms with Crippen molar-refractivity contribution in [3.05, 3.63) is 29.6 Å². The van der Waals surface area contributed by atoms with Gasteiger partial charge in [-0.3, -0.25) is 9.69 Å². The number of halogens is 1. The third kappa shape index (κ3) is 3.45. The summed E-state index contributed by atoms with van der Waals surface area (Å²) >= 11 is 0. The van der Waals surface area contributed by atoms with Crippen LogP contribution in [0.2, 0.25) is 0 Å². The van der Waals surface area contributed by atoms with Crippen molar-refractivity contribution in [2.45, 2.75) is 18.9 Å². The van der Waals surface area contributed by atoms with E-state index in [-0.39, 0.29) is 11.5 Å². The van der Waals surface area contributed by atoms with Gasteiger partial charge in [0, 0.05) is 32.2 Å². The molecule has 122 valence electrons. The van der Waals surface area contributed by atoms with E-state index in [0.717, 1.165) is 0 Å². The number of carbonyl (C=O) groups excluding carboxylic acids is 1. The molecule has 1 amide bonds. The summed E-state index contributed by atoms with van der Waals surface area (Å²) in [5, 5.41) is 9.14. The van der Waals surface area contributed by atoms with Crippen LogP contribution in [0.1, 0.15) is 18.4 Å². The normalized spacial score (nSPS) is 18.2. The van der Waals surface area contributed by atoms with Crippen molar-refractivity contribution < 1.29 is 9.18 Å². The molecule has 1 aliphatic carbocycles. The third-order valence-electron chi connectivity index (χ3n) is 4.63. The van der Waals surface area contributed by atoms with Gasteiger partial charge in [-0.05, 0) is 32.0 Å². The Kier molecular flexibility index (Phi) is 4.49. The molecule has 1 saturated heterocycles. The van der Waals surface area contributed by atoms with Gasteiger partial charge in [0.05, 0.1) is 12.2 Å². The van der Waals surface area contributed by atoms with E-state index in [9.17, 15) is 9.18 Å². The number of benzene rings is 1. The van der Waals surface area contributed by atoms with Gasteiger partial charge in [-0.1, -0.05) is 6.07 Å². The molecule has 0 unspecified atom stereocenters. The molecular weight excluding hydrogens is 295 g/mol. The highest BCUT2D eigenvalue weighted by atomic mass is 19.1. The molecule has 1 aromatic rings. The van der Waals surface area contributed by atoms with E-state index in [4.69, 9.17) is 5.26 Å². The highest BCUT2D eigenvalue weighted by Crippen LogP contribution is 2.26. The summed E-state index contributed by atoms with van der Waals surface area (Å²) < 4.78 is 13.7. The molecule has 1 heterocycles. The quantitative estimate of drug-likeness (QED) is 0.843. The monoisotopic (exact) mass is 316 g/mol. The minimum absolute atomic E-state index is 0.0840. The molecule has 0 bridgehead atoms. The molecule has 0 N–H and O–H groups in total. The van der Waals surface area contributed by atoms with Gasteiger partial charge < -0.3 is 9.80 Å². The number of hydrogen-bond acceptors (Lipinski definition) is 4. The molecule has 1 aromatic carbocycles. The minimum Gasteiger partial charge on any atom is -0.367 e. The van der Waals surface area contributed by atoms with Gasteiger partial charge in [-0.2, -0.15) is 5.26 Å². The Bertz CT molecular complexity index is 630. The first kappa shape index (κ1) is 15.8. The average molecular weight is 316 g/mol. The lowest BCUT2D eigenvalue weighted by Crippen LogP contribution is -2.51. The number of carbonyl (C=O) groups is 1. The molecular formula is C17H21FN4O. The van der Waals surface area contributed by atoms with Crippen molar-refractivity contribution in [3.63, 3.8) is 0 Å². The van der Waals surface area contributed by atoms with Gasteiger partial charge in [0.25, 0.3) is 0 Å². The molecule has 0 aromatic heterocycles. The Labute approximate surface area is 135 Å². The molecule has 1 aliphatic heterocycles. The molecule has 23 heavy (non-hydrogen) atoms. The standard InChI is InChI=1S/C17H21FN4O/c1-20(13-5-6-13)12-17(23)22-9-7-21(8-10-22)16-4-2-3-15(18)14(16)11-19/h2-4,13H,5-10,12H2,1H3. The highest BCUT2D eigenvalue weighted by molar-refractivity contribution is 5.78. The van der Waals surface area contributed by atoms with Crippen molar-refractivity contribution >= 4 is 11.6 Å². The van der Waals surface area contributed by atoms with Crippen LogP contribution in [0, 0.1) is 17.1 Å². The second-order valence-electron chi connectivity index (χ2n) is 6.26. The van der Waals surface area contributed by atoms with E-state index in [1.807, 2.05) is 22.9 Å². The molecule has 3 rings (SSSR count). The topological polar surface area (TPSA) is 50.6 Å². The zero-order valence-corrected chi connectivity index (χ0v) is 13.3. The predicted molar refractivity (Wildman–Crippen MR) is 85.6 cm³/mol. The van der Waals surface area contributed by atoms with Crippen LogP contribution in [0.25, 0.3) is 0 Å². The van der Waals surface area contributed by atoms with Gasteiger partial charge in [0.15, 0.2) is 0 Å². The third-order valence-corrected chi connectivity index (χ3v) is 4.63. The summed E-state index contributed by atoms with van der Waals surface area (Å²) in [5.74, 6) is -0.339. The van der Waals surface area contributed by atoms with Crippen molar-refractivity contribution in [3.8, 4) is 6.07 Å². The minimum atomic E-state index is -0.491. The van der Waals surface area contributed by atoms with E-state index >= 15 is 0 Å². The Morgan fingerprint density at radius 2 is 2.04 bits per heavy atom. The van der Waals surface area contributed by atoms with E-state index < -0.39 is 5.82 Å². The van der Waals surface area contributed by atoms with Gasteiger partial charge in [-0.15, -0.1) is 0 Å². The van der Waals surface area contributed by atoms with E-state index in [1.54, 1.807) is 12.1 Å². The fraction of sp³-hybridized carbons (Fsp3) is 0.529. The van der Waals surface area contributed by atoms with Crippen molar-refractivity contribution in [2.24, 2.45) is 0 Å². The number of anilines is 1. The van der Waals surface area contributed by atoms with Gasteiger partial charge in [-0.25, -0.2) is 4.39 Å². The molecule has 2 aliphatic rings. The number of nitriles is 1. The predicted octanol–water partition coefficient (Wildman–Crippen LogP) is 1.44. The lowest BCUT2D eigenvalue weighted by molar-refractivity contribution is -0.132. The summed E-state index contributed by atoms with van der Waals surface area (Å²) in [7, 11) is 2.00. The zero-order valence-electron chi connectivity index (χ0n) is 13.3. The van der Waals surface area contributed by atoms with Crippen LogP contribution in [-0.2, 0) is 4.79 Å². The second kappa shape index (κ2) is 6.55. The van der Waals surface area contributed by atoms with Gasteiger partial charge >= 0.3 is 0 Å². The molecule has 0 spiro atoms. The number of amides is 1. The van der Waals surface area contributed by atoms with Crippen LogP contribution < -0.4 is 4.90 Å². The number of likely N-dealkylation sites (N-methyl/N-ethyl adjacent to an activating group) is 1. The fourth-order valence-electron chi connectivity index (χ4n) is 3.04. The zero-order chi connectivity index (χ0) is 16.4. The molecule has 2 fully saturated rings. The molecule has 6 heteroatoms. The van der Waals surface area contributed by atoms with Gasteiger partial charge in [0.1, 0.15) is 17.4 Å². The number of piperazine rings is 1. The summed E-state index contributed by atoms with van der Waals surface area (Å²) in [5.41, 5.74) is 0.704. The van der Waals surface area contributed by atoms with E-state index in [0.29, 0.717) is 44.5 Å². The lowest BCUT2D eigenvalue weighted by atomic mass is 10.1. The lowest BCUT2D eigenvalue weighted by Gasteiger charge is -2.37. The van der Waals surface area contributed by atoms with Crippen molar-refractivity contribution in [1.29, 1.82) is 5.26 Å². The largest absolute Gasteiger partial charge is 0.367 e. The van der Waals surface area contributed by atoms with Gasteiger partial charge in [0.2, 0.25) is 5.91 Å². The Morgan fingerprint density at radius 3 is 2.65 bits per heavy atom. The summed E-state index contributed by atoms with van der Waals surface area (Å²) in [4.78, 5) is 18.3. The molecule has 0 atom stereocenters. The Balaban J connectivity index is 1.59. The van der Waals surface area contributed by atoms with Crippen LogP contribution in [0.15, 0.2) is 18.2 Å². The van der Waals surface area contributed by atoms with Crippen LogP contribution >= 0.6 is 0 Å². The molecule has 5 nitrogen and oxygen atoms in total. The highest BCUT2D eigenvalue weighted by Gasteiger charge is 2.29. The maximum atomic E-state index is 13.7. The maximum Gasteiger partial charge on any atom is 0.236 e. The Hall–Kier alpha value is -2.13. The summed E-state index contributed by atoms with van der Waals surface area (Å²) in [6.45, 7) is 2.93. The number of rotatable bonds is 4. The first-order valence-electron chi connectivity index (χ1n) is 8.01. The summed E-state index contributed by atoms with van der Waals surface area (Å²) in [6, 6.07) is 7.20. The SMILES string of the molecule is CN(CC(=O)N1CCN(c2cccc(F)c2C#N)CC1)C1CC1.